The Kier molecular flexibility index (Phi) is 4.19. The average Bonchev–Trinajstić information content (AvgIpc) is 2.97. The molecule has 1 unspecified atom stereocenters. The molecular weight excluding hydrogens is 264 g/mol. The molecule has 1 fully saturated rings. The van der Waals surface area contributed by atoms with Crippen molar-refractivity contribution in [3.63, 3.8) is 0 Å². The maximum absolute atomic E-state index is 5.44. The fourth-order valence-corrected chi connectivity index (χ4v) is 2.59. The summed E-state index contributed by atoms with van der Waals surface area (Å²) >= 11 is 0. The van der Waals surface area contributed by atoms with Crippen molar-refractivity contribution in [1.29, 1.82) is 0 Å². The summed E-state index contributed by atoms with van der Waals surface area (Å²) in [5.41, 5.74) is 1.17. The van der Waals surface area contributed by atoms with Crippen molar-refractivity contribution >= 4 is 11.5 Å². The zero-order chi connectivity index (χ0) is 14.5. The van der Waals surface area contributed by atoms with Crippen molar-refractivity contribution in [3.8, 4) is 5.88 Å². The summed E-state index contributed by atoms with van der Waals surface area (Å²) in [7, 11) is 0. The zero-order valence-electron chi connectivity index (χ0n) is 12.2. The molecule has 1 aliphatic rings. The van der Waals surface area contributed by atoms with Crippen molar-refractivity contribution in [1.82, 2.24) is 9.97 Å². The van der Waals surface area contributed by atoms with Gasteiger partial charge in [0.1, 0.15) is 12.1 Å². The van der Waals surface area contributed by atoms with Crippen LogP contribution in [0.5, 0.6) is 5.88 Å². The number of nitrogens with one attached hydrogen (secondary N) is 1. The zero-order valence-corrected chi connectivity index (χ0v) is 12.2. The van der Waals surface area contributed by atoms with Crippen LogP contribution in [-0.2, 0) is 0 Å². The number of rotatable bonds is 5. The van der Waals surface area contributed by atoms with Crippen molar-refractivity contribution in [2.45, 2.75) is 19.4 Å². The third-order valence-corrected chi connectivity index (χ3v) is 3.58. The highest BCUT2D eigenvalue weighted by atomic mass is 16.5. The standard InChI is InChI=1S/C16H20N4O/c1-2-21-16-10-15(17-12-18-16)20-9-8-14(11-20)19-13-6-4-3-5-7-13/h3-7,10,12,14,19H,2,8-9,11H2,1H3. The number of anilines is 2. The Bertz CT molecular complexity index is 575. The molecular formula is C16H20N4O. The average molecular weight is 284 g/mol. The smallest absolute Gasteiger partial charge is 0.218 e. The number of benzene rings is 1. The van der Waals surface area contributed by atoms with E-state index in [4.69, 9.17) is 4.74 Å². The minimum atomic E-state index is 0.443. The Morgan fingerprint density at radius 3 is 2.95 bits per heavy atom. The Morgan fingerprint density at radius 2 is 2.14 bits per heavy atom. The van der Waals surface area contributed by atoms with Gasteiger partial charge >= 0.3 is 0 Å². The van der Waals surface area contributed by atoms with Crippen molar-refractivity contribution < 1.29 is 4.74 Å². The molecule has 21 heavy (non-hydrogen) atoms. The van der Waals surface area contributed by atoms with E-state index in [0.29, 0.717) is 18.5 Å². The lowest BCUT2D eigenvalue weighted by Crippen LogP contribution is -2.26. The predicted octanol–water partition coefficient (Wildman–Crippen LogP) is 2.57. The van der Waals surface area contributed by atoms with Gasteiger partial charge in [-0.1, -0.05) is 18.2 Å². The van der Waals surface area contributed by atoms with E-state index in [-0.39, 0.29) is 0 Å². The van der Waals surface area contributed by atoms with E-state index in [1.165, 1.54) is 5.69 Å². The van der Waals surface area contributed by atoms with Gasteiger partial charge in [-0.05, 0) is 25.5 Å². The summed E-state index contributed by atoms with van der Waals surface area (Å²) in [6.07, 6.45) is 2.67. The molecule has 0 saturated carbocycles. The quantitative estimate of drug-likeness (QED) is 0.914. The summed E-state index contributed by atoms with van der Waals surface area (Å²) < 4.78 is 5.44. The number of aromatic nitrogens is 2. The van der Waals surface area contributed by atoms with Gasteiger partial charge in [-0.2, -0.15) is 0 Å². The lowest BCUT2D eigenvalue weighted by Gasteiger charge is -2.18. The fraction of sp³-hybridized carbons (Fsp3) is 0.375. The molecule has 3 rings (SSSR count). The minimum absolute atomic E-state index is 0.443. The molecule has 1 aliphatic heterocycles. The first-order chi connectivity index (χ1) is 10.3. The molecule has 5 heteroatoms. The SMILES string of the molecule is CCOc1cc(N2CCC(Nc3ccccc3)C2)ncn1. The van der Waals surface area contributed by atoms with E-state index in [2.05, 4.69) is 32.3 Å². The maximum Gasteiger partial charge on any atom is 0.218 e. The lowest BCUT2D eigenvalue weighted by molar-refractivity contribution is 0.326. The van der Waals surface area contributed by atoms with E-state index < -0.39 is 0 Å². The van der Waals surface area contributed by atoms with E-state index in [1.54, 1.807) is 6.33 Å². The third-order valence-electron chi connectivity index (χ3n) is 3.58. The second kappa shape index (κ2) is 6.43. The third kappa shape index (κ3) is 3.42. The van der Waals surface area contributed by atoms with Crippen LogP contribution < -0.4 is 15.0 Å². The molecule has 1 atom stereocenters. The number of para-hydroxylation sites is 1. The summed E-state index contributed by atoms with van der Waals surface area (Å²) in [5, 5.41) is 3.56. The van der Waals surface area contributed by atoms with E-state index in [9.17, 15) is 0 Å². The van der Waals surface area contributed by atoms with Gasteiger partial charge < -0.3 is 15.0 Å². The summed E-state index contributed by atoms with van der Waals surface area (Å²) in [6.45, 7) is 4.51. The number of nitrogens with zero attached hydrogens (tertiary/aromatic N) is 3. The van der Waals surface area contributed by atoms with Gasteiger partial charge in [0.15, 0.2) is 0 Å². The summed E-state index contributed by atoms with van der Waals surface area (Å²) in [5.74, 6) is 1.58. The van der Waals surface area contributed by atoms with E-state index in [1.807, 2.05) is 31.2 Å². The second-order valence-corrected chi connectivity index (χ2v) is 5.09. The Balaban J connectivity index is 1.63. The Hall–Kier alpha value is -2.30. The van der Waals surface area contributed by atoms with Crippen LogP contribution in [0.15, 0.2) is 42.7 Å². The number of hydrogen-bond acceptors (Lipinski definition) is 5. The monoisotopic (exact) mass is 284 g/mol. The summed E-state index contributed by atoms with van der Waals surface area (Å²) in [4.78, 5) is 10.7. The fourth-order valence-electron chi connectivity index (χ4n) is 2.59. The van der Waals surface area contributed by atoms with Crippen LogP contribution in [0, 0.1) is 0 Å². The highest BCUT2D eigenvalue weighted by molar-refractivity contribution is 5.47. The first kappa shape index (κ1) is 13.7. The van der Waals surface area contributed by atoms with E-state index in [0.717, 1.165) is 25.3 Å². The van der Waals surface area contributed by atoms with Crippen LogP contribution in [0.4, 0.5) is 11.5 Å². The van der Waals surface area contributed by atoms with Gasteiger partial charge in [0.05, 0.1) is 6.61 Å². The summed E-state index contributed by atoms with van der Waals surface area (Å²) in [6, 6.07) is 12.7. The Morgan fingerprint density at radius 1 is 1.29 bits per heavy atom. The van der Waals surface area contributed by atoms with Gasteiger partial charge in [-0.3, -0.25) is 0 Å². The molecule has 0 spiro atoms. The van der Waals surface area contributed by atoms with Crippen LogP contribution in [0.25, 0.3) is 0 Å². The molecule has 2 aromatic rings. The van der Waals surface area contributed by atoms with Crippen molar-refractivity contribution in [3.05, 3.63) is 42.7 Å². The Labute approximate surface area is 125 Å². The molecule has 1 aromatic heterocycles. The molecule has 1 N–H and O–H groups in total. The molecule has 0 bridgehead atoms. The van der Waals surface area contributed by atoms with Crippen LogP contribution in [0.3, 0.4) is 0 Å². The highest BCUT2D eigenvalue weighted by Gasteiger charge is 2.23. The van der Waals surface area contributed by atoms with Crippen molar-refractivity contribution in [2.75, 3.05) is 29.9 Å². The number of ether oxygens (including phenoxy) is 1. The van der Waals surface area contributed by atoms with E-state index >= 15 is 0 Å². The predicted molar refractivity (Wildman–Crippen MR) is 83.9 cm³/mol. The molecule has 0 aliphatic carbocycles. The normalized spacial score (nSPS) is 17.8. The highest BCUT2D eigenvalue weighted by Crippen LogP contribution is 2.22. The second-order valence-electron chi connectivity index (χ2n) is 5.09. The maximum atomic E-state index is 5.44. The first-order valence-electron chi connectivity index (χ1n) is 7.36. The molecule has 0 radical (unpaired) electrons. The molecule has 1 saturated heterocycles. The molecule has 110 valence electrons. The molecule has 5 nitrogen and oxygen atoms in total. The van der Waals surface area contributed by atoms with Crippen LogP contribution in [0.2, 0.25) is 0 Å². The van der Waals surface area contributed by atoms with Gasteiger partial charge in [0.25, 0.3) is 0 Å². The van der Waals surface area contributed by atoms with Gasteiger partial charge in [-0.25, -0.2) is 9.97 Å². The topological polar surface area (TPSA) is 50.3 Å². The largest absolute Gasteiger partial charge is 0.478 e. The molecule has 2 heterocycles. The van der Waals surface area contributed by atoms with Gasteiger partial charge in [0.2, 0.25) is 5.88 Å². The van der Waals surface area contributed by atoms with Gasteiger partial charge in [-0.15, -0.1) is 0 Å². The minimum Gasteiger partial charge on any atom is -0.478 e. The van der Waals surface area contributed by atoms with Crippen LogP contribution in [-0.4, -0.2) is 35.7 Å². The molecule has 0 amide bonds. The first-order valence-corrected chi connectivity index (χ1v) is 7.36. The van der Waals surface area contributed by atoms with Crippen molar-refractivity contribution in [2.24, 2.45) is 0 Å². The lowest BCUT2D eigenvalue weighted by atomic mass is 10.2. The van der Waals surface area contributed by atoms with Crippen LogP contribution in [0.1, 0.15) is 13.3 Å². The van der Waals surface area contributed by atoms with Crippen LogP contribution >= 0.6 is 0 Å². The van der Waals surface area contributed by atoms with Gasteiger partial charge in [0, 0.05) is 30.9 Å². The number of hydrogen-bond donors (Lipinski definition) is 1. The molecule has 1 aromatic carbocycles.